The lowest BCUT2D eigenvalue weighted by atomic mass is 9.73. The molecule has 0 radical (unpaired) electrons. The van der Waals surface area contributed by atoms with Crippen molar-refractivity contribution < 1.29 is 19.1 Å². The van der Waals surface area contributed by atoms with Crippen molar-refractivity contribution in [2.45, 2.75) is 51.4 Å². The molecule has 0 bridgehead atoms. The van der Waals surface area contributed by atoms with Crippen molar-refractivity contribution in [3.63, 3.8) is 0 Å². The first-order chi connectivity index (χ1) is 15.1. The van der Waals surface area contributed by atoms with Crippen LogP contribution in [-0.4, -0.2) is 24.4 Å². The fourth-order valence-corrected chi connectivity index (χ4v) is 4.83. The van der Waals surface area contributed by atoms with Gasteiger partial charge in [0, 0.05) is 0 Å². The molecular formula is C26H29NO4. The van der Waals surface area contributed by atoms with E-state index in [-0.39, 0.29) is 23.7 Å². The van der Waals surface area contributed by atoms with Crippen molar-refractivity contribution in [2.24, 2.45) is 11.8 Å². The topological polar surface area (TPSA) is 63.7 Å². The van der Waals surface area contributed by atoms with Crippen LogP contribution in [0.25, 0.3) is 0 Å². The van der Waals surface area contributed by atoms with Gasteiger partial charge in [0.05, 0.1) is 29.7 Å². The number of nitrogens with zero attached hydrogens (tertiary/aromatic N) is 1. The highest BCUT2D eigenvalue weighted by atomic mass is 16.5. The van der Waals surface area contributed by atoms with E-state index in [0.29, 0.717) is 36.6 Å². The van der Waals surface area contributed by atoms with Crippen molar-refractivity contribution >= 4 is 23.5 Å². The Labute approximate surface area is 183 Å². The molecule has 0 N–H and O–H groups in total. The van der Waals surface area contributed by atoms with Crippen molar-refractivity contribution in [1.82, 2.24) is 0 Å². The van der Waals surface area contributed by atoms with Crippen molar-refractivity contribution in [3.8, 4) is 0 Å². The van der Waals surface area contributed by atoms with Crippen LogP contribution in [0.1, 0.15) is 67.3 Å². The maximum atomic E-state index is 13.2. The van der Waals surface area contributed by atoms with Gasteiger partial charge < -0.3 is 4.74 Å². The van der Waals surface area contributed by atoms with E-state index in [2.05, 4.69) is 19.1 Å². The molecule has 5 heteroatoms. The Morgan fingerprint density at radius 2 is 1.74 bits per heavy atom. The minimum Gasteiger partial charge on any atom is -0.462 e. The number of rotatable bonds is 7. The largest absolute Gasteiger partial charge is 0.462 e. The van der Waals surface area contributed by atoms with Crippen LogP contribution in [0.3, 0.4) is 0 Å². The minimum absolute atomic E-state index is 0.144. The Balaban J connectivity index is 1.49. The second-order valence-corrected chi connectivity index (χ2v) is 8.54. The number of ether oxygens (including phenoxy) is 1. The summed E-state index contributed by atoms with van der Waals surface area (Å²) in [6, 6.07) is 16.9. The zero-order valence-corrected chi connectivity index (χ0v) is 18.0. The van der Waals surface area contributed by atoms with Crippen molar-refractivity contribution in [1.29, 1.82) is 0 Å². The molecule has 2 aromatic rings. The molecule has 1 heterocycles. The molecule has 4 rings (SSSR count). The van der Waals surface area contributed by atoms with E-state index in [0.717, 1.165) is 25.7 Å². The molecule has 1 saturated carbocycles. The van der Waals surface area contributed by atoms with Crippen LogP contribution in [0, 0.1) is 11.8 Å². The van der Waals surface area contributed by atoms with Gasteiger partial charge in [-0.15, -0.1) is 0 Å². The van der Waals surface area contributed by atoms with E-state index in [1.54, 1.807) is 24.3 Å². The zero-order valence-electron chi connectivity index (χ0n) is 18.0. The number of imide groups is 1. The van der Waals surface area contributed by atoms with Gasteiger partial charge in [0.2, 0.25) is 11.8 Å². The number of anilines is 1. The number of amides is 2. The van der Waals surface area contributed by atoms with Crippen LogP contribution < -0.4 is 4.90 Å². The molecule has 1 saturated heterocycles. The third-order valence-electron chi connectivity index (χ3n) is 6.52. The lowest BCUT2D eigenvalue weighted by Crippen LogP contribution is -2.31. The molecule has 2 amide bonds. The monoisotopic (exact) mass is 419 g/mol. The van der Waals surface area contributed by atoms with Crippen LogP contribution >= 0.6 is 0 Å². The zero-order chi connectivity index (χ0) is 21.8. The predicted molar refractivity (Wildman–Crippen MR) is 119 cm³/mol. The minimum atomic E-state index is -0.418. The third-order valence-corrected chi connectivity index (χ3v) is 6.52. The number of hydrogen-bond acceptors (Lipinski definition) is 4. The second-order valence-electron chi connectivity index (χ2n) is 8.54. The summed E-state index contributed by atoms with van der Waals surface area (Å²) in [6.07, 6.45) is 5.20. The van der Waals surface area contributed by atoms with E-state index in [4.69, 9.17) is 4.74 Å². The molecule has 3 atom stereocenters. The third kappa shape index (κ3) is 4.41. The summed E-state index contributed by atoms with van der Waals surface area (Å²) in [5.41, 5.74) is 2.06. The van der Waals surface area contributed by atoms with Gasteiger partial charge in [0.15, 0.2) is 0 Å². The first-order valence-electron chi connectivity index (χ1n) is 11.3. The first kappa shape index (κ1) is 21.3. The van der Waals surface area contributed by atoms with Crippen LogP contribution in [0.2, 0.25) is 0 Å². The summed E-state index contributed by atoms with van der Waals surface area (Å²) in [5, 5.41) is 0. The fraction of sp³-hybridized carbons (Fsp3) is 0.423. The molecule has 162 valence electrons. The molecule has 0 spiro atoms. The Bertz CT molecular complexity index is 955. The smallest absolute Gasteiger partial charge is 0.338 e. The number of fused-ring (bicyclic) bond motifs is 1. The van der Waals surface area contributed by atoms with Crippen LogP contribution in [0.5, 0.6) is 0 Å². The quantitative estimate of drug-likeness (QED) is 0.356. The van der Waals surface area contributed by atoms with Gasteiger partial charge in [-0.1, -0.05) is 56.2 Å². The Morgan fingerprint density at radius 1 is 0.968 bits per heavy atom. The van der Waals surface area contributed by atoms with E-state index in [1.165, 1.54) is 10.5 Å². The maximum absolute atomic E-state index is 13.2. The Hall–Kier alpha value is -2.95. The Kier molecular flexibility index (Phi) is 6.50. The highest BCUT2D eigenvalue weighted by Gasteiger charge is 2.50. The average molecular weight is 420 g/mol. The number of benzene rings is 2. The standard InChI is InChI=1S/C26H29NO4/c1-2-3-7-15-31-26(30)20-11-8-12-21(16-20)27-24(28)22-14-13-19(17-23(22)25(27)29)18-9-5-4-6-10-18/h4-6,8-12,16,19,22-23H,2-3,7,13-15,17H2,1H3/t19-,22-,23+/m1/s1. The predicted octanol–water partition coefficient (Wildman–Crippen LogP) is 5.11. The Morgan fingerprint density at radius 3 is 2.52 bits per heavy atom. The number of carbonyl (C=O) groups excluding carboxylic acids is 3. The normalized spacial score (nSPS) is 23.0. The summed E-state index contributed by atoms with van der Waals surface area (Å²) >= 11 is 0. The summed E-state index contributed by atoms with van der Waals surface area (Å²) in [6.45, 7) is 2.47. The molecule has 1 aliphatic carbocycles. The highest BCUT2D eigenvalue weighted by Crippen LogP contribution is 2.45. The summed E-state index contributed by atoms with van der Waals surface area (Å²) < 4.78 is 5.33. The van der Waals surface area contributed by atoms with Crippen molar-refractivity contribution in [2.75, 3.05) is 11.5 Å². The van der Waals surface area contributed by atoms with Gasteiger partial charge in [-0.2, -0.15) is 0 Å². The van der Waals surface area contributed by atoms with Gasteiger partial charge in [0.1, 0.15) is 0 Å². The highest BCUT2D eigenvalue weighted by molar-refractivity contribution is 6.22. The lowest BCUT2D eigenvalue weighted by molar-refractivity contribution is -0.122. The number of carbonyl (C=O) groups is 3. The van der Waals surface area contributed by atoms with Crippen LogP contribution in [0.15, 0.2) is 54.6 Å². The fourth-order valence-electron chi connectivity index (χ4n) is 4.83. The molecular weight excluding hydrogens is 390 g/mol. The van der Waals surface area contributed by atoms with Gasteiger partial charge in [-0.05, 0) is 55.4 Å². The SMILES string of the molecule is CCCCCOC(=O)c1cccc(N2C(=O)[C@H]3C[C@H](c4ccccc4)CC[C@H]3C2=O)c1. The maximum Gasteiger partial charge on any atom is 0.338 e. The van der Waals surface area contributed by atoms with Gasteiger partial charge in [0.25, 0.3) is 0 Å². The van der Waals surface area contributed by atoms with Crippen LogP contribution in [0.4, 0.5) is 5.69 Å². The molecule has 2 fully saturated rings. The lowest BCUT2D eigenvalue weighted by Gasteiger charge is -2.28. The van der Waals surface area contributed by atoms with E-state index < -0.39 is 5.97 Å². The summed E-state index contributed by atoms with van der Waals surface area (Å²) in [5.74, 6) is -0.977. The molecule has 2 aliphatic rings. The molecule has 0 unspecified atom stereocenters. The number of hydrogen-bond donors (Lipinski definition) is 0. The van der Waals surface area contributed by atoms with E-state index in [1.807, 2.05) is 18.2 Å². The summed E-state index contributed by atoms with van der Waals surface area (Å²) in [7, 11) is 0. The molecule has 5 nitrogen and oxygen atoms in total. The van der Waals surface area contributed by atoms with Gasteiger partial charge in [-0.3, -0.25) is 14.5 Å². The second kappa shape index (κ2) is 9.46. The van der Waals surface area contributed by atoms with Gasteiger partial charge in [-0.25, -0.2) is 4.79 Å². The number of esters is 1. The molecule has 1 aliphatic heterocycles. The van der Waals surface area contributed by atoms with E-state index >= 15 is 0 Å². The number of unbranched alkanes of at least 4 members (excludes halogenated alkanes) is 2. The average Bonchev–Trinajstić information content (AvgIpc) is 3.06. The van der Waals surface area contributed by atoms with Crippen LogP contribution in [-0.2, 0) is 14.3 Å². The molecule has 2 aromatic carbocycles. The van der Waals surface area contributed by atoms with Gasteiger partial charge >= 0.3 is 5.97 Å². The molecule has 31 heavy (non-hydrogen) atoms. The molecule has 0 aromatic heterocycles. The van der Waals surface area contributed by atoms with E-state index in [9.17, 15) is 14.4 Å². The summed E-state index contributed by atoms with van der Waals surface area (Å²) in [4.78, 5) is 40.0. The first-order valence-corrected chi connectivity index (χ1v) is 11.3. The van der Waals surface area contributed by atoms with Crippen molar-refractivity contribution in [3.05, 3.63) is 65.7 Å².